The van der Waals surface area contributed by atoms with E-state index in [4.69, 9.17) is 0 Å². The molecule has 17 heavy (non-hydrogen) atoms. The summed E-state index contributed by atoms with van der Waals surface area (Å²) < 4.78 is 0.954. The van der Waals surface area contributed by atoms with Crippen LogP contribution in [0.3, 0.4) is 0 Å². The van der Waals surface area contributed by atoms with Crippen LogP contribution in [-0.2, 0) is 11.2 Å². The highest BCUT2D eigenvalue weighted by molar-refractivity contribution is 9.10. The predicted molar refractivity (Wildman–Crippen MR) is 71.8 cm³/mol. The van der Waals surface area contributed by atoms with Crippen molar-refractivity contribution in [2.45, 2.75) is 13.3 Å². The van der Waals surface area contributed by atoms with Gasteiger partial charge in [-0.3, -0.25) is 9.78 Å². The average Bonchev–Trinajstić information content (AvgIpc) is 2.32. The van der Waals surface area contributed by atoms with Crippen LogP contribution in [0.15, 0.2) is 47.1 Å². The van der Waals surface area contributed by atoms with Crippen molar-refractivity contribution in [3.05, 3.63) is 52.6 Å². The smallest absolute Gasteiger partial charge is 0.134 e. The normalized spacial score (nSPS) is 10.2. The Kier molecular flexibility index (Phi) is 3.69. The van der Waals surface area contributed by atoms with Crippen LogP contribution in [0, 0.1) is 0 Å². The molecule has 0 radical (unpaired) electrons. The van der Waals surface area contributed by atoms with E-state index >= 15 is 0 Å². The molecule has 3 heteroatoms. The molecule has 0 saturated heterocycles. The second-order valence-electron chi connectivity index (χ2n) is 3.90. The fraction of sp³-hybridized carbons (Fsp3) is 0.143. The van der Waals surface area contributed by atoms with Crippen molar-refractivity contribution in [2.75, 3.05) is 0 Å². The van der Waals surface area contributed by atoms with Gasteiger partial charge in [-0.1, -0.05) is 34.1 Å². The van der Waals surface area contributed by atoms with E-state index in [1.165, 1.54) is 0 Å². The lowest BCUT2D eigenvalue weighted by Crippen LogP contribution is -1.97. The summed E-state index contributed by atoms with van der Waals surface area (Å²) in [6.07, 6.45) is 2.23. The molecule has 0 unspecified atom stereocenters. The van der Waals surface area contributed by atoms with Crippen LogP contribution in [0.1, 0.15) is 12.5 Å². The zero-order valence-corrected chi connectivity index (χ0v) is 11.1. The maximum atomic E-state index is 11.1. The molecule has 0 amide bonds. The Morgan fingerprint density at radius 3 is 2.71 bits per heavy atom. The van der Waals surface area contributed by atoms with E-state index in [0.29, 0.717) is 6.42 Å². The summed E-state index contributed by atoms with van der Waals surface area (Å²) in [4.78, 5) is 15.4. The first-order chi connectivity index (χ1) is 8.16. The Morgan fingerprint density at radius 2 is 2.12 bits per heavy atom. The zero-order valence-electron chi connectivity index (χ0n) is 9.48. The molecule has 0 saturated carbocycles. The third-order valence-corrected chi connectivity index (χ3v) is 3.19. The lowest BCUT2D eigenvalue weighted by atomic mass is 10.1. The van der Waals surface area contributed by atoms with Crippen LogP contribution >= 0.6 is 15.9 Å². The molecule has 0 N–H and O–H groups in total. The number of Topliss-reactive ketones (excluding diaryl/α,β-unsaturated/α-hetero) is 1. The summed E-state index contributed by atoms with van der Waals surface area (Å²) in [5.41, 5.74) is 2.99. The molecule has 0 aliphatic carbocycles. The Morgan fingerprint density at radius 1 is 1.29 bits per heavy atom. The van der Waals surface area contributed by atoms with Crippen LogP contribution in [0.2, 0.25) is 0 Å². The Labute approximate surface area is 109 Å². The van der Waals surface area contributed by atoms with Gasteiger partial charge in [-0.15, -0.1) is 0 Å². The van der Waals surface area contributed by atoms with Gasteiger partial charge in [-0.25, -0.2) is 0 Å². The number of carbonyl (C=O) groups is 1. The molecule has 0 spiro atoms. The number of carbonyl (C=O) groups excluding carboxylic acids is 1. The number of halogens is 1. The third kappa shape index (κ3) is 3.01. The van der Waals surface area contributed by atoms with Gasteiger partial charge in [0.2, 0.25) is 0 Å². The fourth-order valence-electron chi connectivity index (χ4n) is 1.65. The molecule has 1 heterocycles. The number of aromatic nitrogens is 1. The van der Waals surface area contributed by atoms with Gasteiger partial charge in [0.25, 0.3) is 0 Å². The maximum Gasteiger partial charge on any atom is 0.134 e. The van der Waals surface area contributed by atoms with Gasteiger partial charge >= 0.3 is 0 Å². The minimum atomic E-state index is 0.163. The number of nitrogens with zero attached hydrogens (tertiary/aromatic N) is 1. The second-order valence-corrected chi connectivity index (χ2v) is 4.75. The van der Waals surface area contributed by atoms with Crippen molar-refractivity contribution in [3.8, 4) is 11.3 Å². The van der Waals surface area contributed by atoms with Crippen molar-refractivity contribution < 1.29 is 4.79 Å². The Bertz CT molecular complexity index is 537. The molecule has 86 valence electrons. The van der Waals surface area contributed by atoms with Gasteiger partial charge < -0.3 is 0 Å². The second kappa shape index (κ2) is 5.23. The Balaban J connectivity index is 2.34. The average molecular weight is 290 g/mol. The van der Waals surface area contributed by atoms with Crippen LogP contribution in [0.5, 0.6) is 0 Å². The summed E-state index contributed by atoms with van der Waals surface area (Å²) in [6.45, 7) is 1.60. The molecule has 2 rings (SSSR count). The number of pyridine rings is 1. The first-order valence-electron chi connectivity index (χ1n) is 5.36. The first kappa shape index (κ1) is 12.0. The topological polar surface area (TPSA) is 30.0 Å². The maximum absolute atomic E-state index is 11.1. The first-order valence-corrected chi connectivity index (χ1v) is 6.15. The molecule has 0 bridgehead atoms. The molecule has 0 fully saturated rings. The van der Waals surface area contributed by atoms with Gasteiger partial charge in [0.1, 0.15) is 5.78 Å². The lowest BCUT2D eigenvalue weighted by molar-refractivity contribution is -0.116. The zero-order chi connectivity index (χ0) is 12.3. The van der Waals surface area contributed by atoms with E-state index in [0.717, 1.165) is 21.3 Å². The molecule has 0 aliphatic rings. The number of rotatable bonds is 3. The monoisotopic (exact) mass is 289 g/mol. The van der Waals surface area contributed by atoms with E-state index in [9.17, 15) is 4.79 Å². The SMILES string of the molecule is CC(=O)Cc1ccc(-c2ccccn2)cc1Br. The number of hydrogen-bond acceptors (Lipinski definition) is 2. The number of ketones is 1. The molecular weight excluding hydrogens is 278 g/mol. The summed E-state index contributed by atoms with van der Waals surface area (Å²) in [5.74, 6) is 0.163. The number of benzene rings is 1. The molecule has 1 aromatic heterocycles. The van der Waals surface area contributed by atoms with Gasteiger partial charge in [-0.05, 0) is 30.7 Å². The van der Waals surface area contributed by atoms with Gasteiger partial charge in [-0.2, -0.15) is 0 Å². The van der Waals surface area contributed by atoms with E-state index in [1.54, 1.807) is 13.1 Å². The van der Waals surface area contributed by atoms with E-state index in [2.05, 4.69) is 20.9 Å². The lowest BCUT2D eigenvalue weighted by Gasteiger charge is -2.05. The van der Waals surface area contributed by atoms with Crippen molar-refractivity contribution >= 4 is 21.7 Å². The van der Waals surface area contributed by atoms with Crippen molar-refractivity contribution in [3.63, 3.8) is 0 Å². The van der Waals surface area contributed by atoms with Crippen LogP contribution in [0.25, 0.3) is 11.3 Å². The highest BCUT2D eigenvalue weighted by atomic mass is 79.9. The predicted octanol–water partition coefficient (Wildman–Crippen LogP) is 3.64. The largest absolute Gasteiger partial charge is 0.300 e. The molecule has 1 aromatic carbocycles. The standard InChI is InChI=1S/C14H12BrNO/c1-10(17)8-11-5-6-12(9-13(11)15)14-4-2-3-7-16-14/h2-7,9H,8H2,1H3. The van der Waals surface area contributed by atoms with Crippen molar-refractivity contribution in [2.24, 2.45) is 0 Å². The Hall–Kier alpha value is -1.48. The highest BCUT2D eigenvalue weighted by Gasteiger charge is 2.05. The van der Waals surface area contributed by atoms with Crippen LogP contribution in [-0.4, -0.2) is 10.8 Å². The molecule has 0 atom stereocenters. The van der Waals surface area contributed by atoms with Crippen LogP contribution < -0.4 is 0 Å². The minimum Gasteiger partial charge on any atom is -0.300 e. The summed E-state index contributed by atoms with van der Waals surface area (Å²) >= 11 is 3.49. The summed E-state index contributed by atoms with van der Waals surface area (Å²) in [5, 5.41) is 0. The fourth-order valence-corrected chi connectivity index (χ4v) is 2.17. The summed E-state index contributed by atoms with van der Waals surface area (Å²) in [7, 11) is 0. The molecule has 2 nitrogen and oxygen atoms in total. The van der Waals surface area contributed by atoms with Crippen molar-refractivity contribution in [1.82, 2.24) is 4.98 Å². The third-order valence-electron chi connectivity index (χ3n) is 2.45. The van der Waals surface area contributed by atoms with Crippen LogP contribution in [0.4, 0.5) is 0 Å². The van der Waals surface area contributed by atoms with E-state index in [1.807, 2.05) is 36.4 Å². The molecule has 2 aromatic rings. The van der Waals surface area contributed by atoms with E-state index in [-0.39, 0.29) is 5.78 Å². The van der Waals surface area contributed by atoms with Crippen molar-refractivity contribution in [1.29, 1.82) is 0 Å². The summed E-state index contributed by atoms with van der Waals surface area (Å²) in [6, 6.07) is 11.8. The highest BCUT2D eigenvalue weighted by Crippen LogP contribution is 2.25. The van der Waals surface area contributed by atoms with Gasteiger partial charge in [0.15, 0.2) is 0 Å². The molecular formula is C14H12BrNO. The number of hydrogen-bond donors (Lipinski definition) is 0. The quantitative estimate of drug-likeness (QED) is 0.863. The van der Waals surface area contributed by atoms with Gasteiger partial charge in [0.05, 0.1) is 5.69 Å². The van der Waals surface area contributed by atoms with Gasteiger partial charge in [0, 0.05) is 22.7 Å². The minimum absolute atomic E-state index is 0.163. The molecule has 0 aliphatic heterocycles. The van der Waals surface area contributed by atoms with E-state index < -0.39 is 0 Å².